The maximum atomic E-state index is 13.3. The number of hydrogen-bond donors (Lipinski definition) is 0. The monoisotopic (exact) mass is 426 g/mol. The first-order chi connectivity index (χ1) is 14.4. The van der Waals surface area contributed by atoms with Crippen molar-refractivity contribution in [2.75, 3.05) is 31.9 Å². The number of aromatic nitrogens is 2. The van der Waals surface area contributed by atoms with Gasteiger partial charge < -0.3 is 4.90 Å². The zero-order valence-electron chi connectivity index (χ0n) is 16.6. The second kappa shape index (κ2) is 8.00. The molecule has 1 saturated heterocycles. The molecule has 156 valence electrons. The highest BCUT2D eigenvalue weighted by atomic mass is 32.2. The third-order valence-corrected chi connectivity index (χ3v) is 7.17. The van der Waals surface area contributed by atoms with Crippen molar-refractivity contribution >= 4 is 26.7 Å². The van der Waals surface area contributed by atoms with Crippen LogP contribution in [0.15, 0.2) is 59.4 Å². The van der Waals surface area contributed by atoms with Crippen molar-refractivity contribution in [1.29, 1.82) is 0 Å². The third kappa shape index (κ3) is 3.61. The molecule has 0 unspecified atom stereocenters. The predicted molar refractivity (Wildman–Crippen MR) is 114 cm³/mol. The first-order valence-corrected chi connectivity index (χ1v) is 11.4. The van der Waals surface area contributed by atoms with Gasteiger partial charge in [-0.3, -0.25) is 9.59 Å². The lowest BCUT2D eigenvalue weighted by atomic mass is 10.1. The molecule has 0 N–H and O–H groups in total. The second-order valence-corrected chi connectivity index (χ2v) is 9.30. The van der Waals surface area contributed by atoms with Crippen LogP contribution < -0.4 is 5.56 Å². The molecule has 4 rings (SSSR count). The summed E-state index contributed by atoms with van der Waals surface area (Å²) in [4.78, 5) is 27.9. The quantitative estimate of drug-likeness (QED) is 0.630. The molecule has 1 aliphatic rings. The molecule has 8 nitrogen and oxygen atoms in total. The first kappa shape index (κ1) is 20.2. The summed E-state index contributed by atoms with van der Waals surface area (Å²) in [6, 6.07) is 15.9. The van der Waals surface area contributed by atoms with Crippen molar-refractivity contribution in [2.24, 2.45) is 0 Å². The van der Waals surface area contributed by atoms with Crippen molar-refractivity contribution in [2.45, 2.75) is 6.92 Å². The number of para-hydroxylation sites is 1. The average molecular weight is 426 g/mol. The van der Waals surface area contributed by atoms with E-state index >= 15 is 0 Å². The molecule has 30 heavy (non-hydrogen) atoms. The Balaban J connectivity index is 1.73. The Morgan fingerprint density at radius 3 is 2.17 bits per heavy atom. The zero-order chi connectivity index (χ0) is 21.3. The maximum Gasteiger partial charge on any atom is 0.279 e. The summed E-state index contributed by atoms with van der Waals surface area (Å²) in [5.74, 6) is -0.278. The lowest BCUT2D eigenvalue weighted by Gasteiger charge is -2.33. The number of sulfonamides is 1. The summed E-state index contributed by atoms with van der Waals surface area (Å²) in [6.07, 6.45) is 0. The predicted octanol–water partition coefficient (Wildman–Crippen LogP) is 1.49. The van der Waals surface area contributed by atoms with Gasteiger partial charge in [-0.15, -0.1) is 0 Å². The number of benzene rings is 2. The van der Waals surface area contributed by atoms with Crippen LogP contribution in [0, 0.1) is 0 Å². The number of carbonyl (C=O) groups excluding carboxylic acids is 1. The molecule has 3 aromatic rings. The van der Waals surface area contributed by atoms with Crippen molar-refractivity contribution in [1.82, 2.24) is 19.0 Å². The lowest BCUT2D eigenvalue weighted by Crippen LogP contribution is -2.51. The van der Waals surface area contributed by atoms with Crippen LogP contribution in [0.1, 0.15) is 17.4 Å². The summed E-state index contributed by atoms with van der Waals surface area (Å²) in [6.45, 7) is 2.66. The minimum absolute atomic E-state index is 0.0369. The van der Waals surface area contributed by atoms with E-state index in [1.807, 2.05) is 6.07 Å². The molecule has 0 spiro atoms. The Bertz CT molecular complexity index is 1250. The van der Waals surface area contributed by atoms with Gasteiger partial charge in [0.1, 0.15) is 0 Å². The van der Waals surface area contributed by atoms with Crippen LogP contribution in [-0.2, 0) is 10.0 Å². The van der Waals surface area contributed by atoms with Gasteiger partial charge >= 0.3 is 0 Å². The Morgan fingerprint density at radius 2 is 1.53 bits per heavy atom. The van der Waals surface area contributed by atoms with E-state index in [1.54, 1.807) is 60.4 Å². The lowest BCUT2D eigenvalue weighted by molar-refractivity contribution is 0.0692. The zero-order valence-corrected chi connectivity index (χ0v) is 17.4. The largest absolute Gasteiger partial charge is 0.335 e. The molecule has 0 bridgehead atoms. The van der Waals surface area contributed by atoms with Gasteiger partial charge in [0, 0.05) is 31.6 Å². The van der Waals surface area contributed by atoms with Gasteiger partial charge in [0.2, 0.25) is 10.0 Å². The van der Waals surface area contributed by atoms with E-state index in [2.05, 4.69) is 5.10 Å². The molecule has 1 aromatic heterocycles. The molecule has 1 amide bonds. The van der Waals surface area contributed by atoms with Gasteiger partial charge in [0.05, 0.1) is 16.8 Å². The van der Waals surface area contributed by atoms with Crippen molar-refractivity contribution in [3.63, 3.8) is 0 Å². The van der Waals surface area contributed by atoms with Crippen molar-refractivity contribution in [3.8, 4) is 5.69 Å². The Hall–Kier alpha value is -3.04. The summed E-state index contributed by atoms with van der Waals surface area (Å²) >= 11 is 0. The standard InChI is InChI=1S/C21H22N4O4S/c1-2-30(28,29)24-14-12-23(13-15-24)21(27)19-17-10-6-7-11-18(17)20(26)25(22-19)16-8-4-3-5-9-16/h3-11H,2,12-15H2,1H3. The maximum absolute atomic E-state index is 13.3. The molecular weight excluding hydrogens is 404 g/mol. The first-order valence-electron chi connectivity index (χ1n) is 9.77. The van der Waals surface area contributed by atoms with E-state index in [-0.39, 0.29) is 49.1 Å². The van der Waals surface area contributed by atoms with E-state index in [0.717, 1.165) is 0 Å². The summed E-state index contributed by atoms with van der Waals surface area (Å²) < 4.78 is 26.8. The molecule has 0 aliphatic carbocycles. The van der Waals surface area contributed by atoms with Gasteiger partial charge in [-0.1, -0.05) is 36.4 Å². The molecule has 1 aliphatic heterocycles. The van der Waals surface area contributed by atoms with Crippen molar-refractivity contribution in [3.05, 3.63) is 70.6 Å². The van der Waals surface area contributed by atoms with Crippen LogP contribution in [0.4, 0.5) is 0 Å². The minimum Gasteiger partial charge on any atom is -0.335 e. The van der Waals surface area contributed by atoms with Gasteiger partial charge in [0.15, 0.2) is 5.69 Å². The fourth-order valence-electron chi connectivity index (χ4n) is 3.59. The number of rotatable bonds is 4. The SMILES string of the molecule is CCS(=O)(=O)N1CCN(C(=O)c2nn(-c3ccccc3)c(=O)c3ccccc23)CC1. The molecular formula is C21H22N4O4S. The Labute approximate surface area is 174 Å². The van der Waals surface area contributed by atoms with Crippen LogP contribution in [0.25, 0.3) is 16.5 Å². The Morgan fingerprint density at radius 1 is 0.933 bits per heavy atom. The summed E-state index contributed by atoms with van der Waals surface area (Å²) in [7, 11) is -3.28. The molecule has 0 saturated carbocycles. The highest BCUT2D eigenvalue weighted by Gasteiger charge is 2.30. The van der Waals surface area contributed by atoms with Crippen molar-refractivity contribution < 1.29 is 13.2 Å². The van der Waals surface area contributed by atoms with E-state index in [4.69, 9.17) is 0 Å². The fourth-order valence-corrected chi connectivity index (χ4v) is 4.68. The number of amides is 1. The molecule has 1 fully saturated rings. The normalized spacial score (nSPS) is 15.4. The van der Waals surface area contributed by atoms with Gasteiger partial charge in [-0.2, -0.15) is 14.1 Å². The summed E-state index contributed by atoms with van der Waals surface area (Å²) in [5.41, 5.74) is 0.453. The van der Waals surface area contributed by atoms with E-state index in [9.17, 15) is 18.0 Å². The molecule has 0 radical (unpaired) electrons. The number of piperazine rings is 1. The fraction of sp³-hybridized carbons (Fsp3) is 0.286. The molecule has 2 aromatic carbocycles. The Kier molecular flexibility index (Phi) is 5.40. The summed E-state index contributed by atoms with van der Waals surface area (Å²) in [5, 5.41) is 5.31. The minimum atomic E-state index is -3.28. The van der Waals surface area contributed by atoms with Crippen LogP contribution in [-0.4, -0.2) is 65.2 Å². The number of carbonyl (C=O) groups is 1. The number of fused-ring (bicyclic) bond motifs is 1. The second-order valence-electron chi connectivity index (χ2n) is 7.04. The van der Waals surface area contributed by atoms with E-state index in [0.29, 0.717) is 16.5 Å². The van der Waals surface area contributed by atoms with E-state index in [1.165, 1.54) is 8.99 Å². The number of hydrogen-bond acceptors (Lipinski definition) is 5. The highest BCUT2D eigenvalue weighted by molar-refractivity contribution is 7.89. The molecule has 2 heterocycles. The van der Waals surface area contributed by atoms with Crippen LogP contribution in [0.5, 0.6) is 0 Å². The van der Waals surface area contributed by atoms with Crippen LogP contribution >= 0.6 is 0 Å². The smallest absolute Gasteiger partial charge is 0.279 e. The van der Waals surface area contributed by atoms with Gasteiger partial charge in [-0.05, 0) is 25.1 Å². The van der Waals surface area contributed by atoms with Gasteiger partial charge in [0.25, 0.3) is 11.5 Å². The molecule has 0 atom stereocenters. The third-order valence-electron chi connectivity index (χ3n) is 5.29. The number of nitrogens with zero attached hydrogens (tertiary/aromatic N) is 4. The average Bonchev–Trinajstić information content (AvgIpc) is 2.80. The topological polar surface area (TPSA) is 92.6 Å². The highest BCUT2D eigenvalue weighted by Crippen LogP contribution is 2.18. The van der Waals surface area contributed by atoms with Gasteiger partial charge in [-0.25, -0.2) is 8.42 Å². The van der Waals surface area contributed by atoms with Crippen LogP contribution in [0.3, 0.4) is 0 Å². The van der Waals surface area contributed by atoms with Crippen LogP contribution in [0.2, 0.25) is 0 Å². The van der Waals surface area contributed by atoms with E-state index < -0.39 is 10.0 Å². The molecule has 9 heteroatoms.